The SMILES string of the molecule is C=C(C)c1cc(C(=O)O)cnc1N(C)C. The lowest BCUT2D eigenvalue weighted by atomic mass is 10.1. The molecule has 1 N–H and O–H groups in total. The molecule has 0 saturated carbocycles. The van der Waals surface area contributed by atoms with Crippen molar-refractivity contribution in [3.8, 4) is 0 Å². The summed E-state index contributed by atoms with van der Waals surface area (Å²) in [6.07, 6.45) is 1.35. The number of carboxylic acids is 1. The lowest BCUT2D eigenvalue weighted by molar-refractivity contribution is 0.0696. The second-order valence-corrected chi connectivity index (χ2v) is 3.58. The Hall–Kier alpha value is -1.84. The van der Waals surface area contributed by atoms with Crippen LogP contribution in [-0.2, 0) is 0 Å². The van der Waals surface area contributed by atoms with Gasteiger partial charge in [-0.15, -0.1) is 0 Å². The van der Waals surface area contributed by atoms with Crippen LogP contribution in [0.15, 0.2) is 18.8 Å². The molecule has 0 radical (unpaired) electrons. The number of aromatic carboxylic acids is 1. The van der Waals surface area contributed by atoms with Crippen molar-refractivity contribution >= 4 is 17.4 Å². The van der Waals surface area contributed by atoms with Gasteiger partial charge in [0, 0.05) is 25.9 Å². The molecule has 1 rings (SSSR count). The Labute approximate surface area is 88.9 Å². The Morgan fingerprint density at radius 3 is 2.53 bits per heavy atom. The Kier molecular flexibility index (Phi) is 3.09. The molecule has 0 unspecified atom stereocenters. The van der Waals surface area contributed by atoms with Gasteiger partial charge in [-0.05, 0) is 18.6 Å². The van der Waals surface area contributed by atoms with Crippen molar-refractivity contribution in [2.24, 2.45) is 0 Å². The molecule has 4 heteroatoms. The van der Waals surface area contributed by atoms with E-state index in [2.05, 4.69) is 11.6 Å². The normalized spacial score (nSPS) is 9.80. The first kappa shape index (κ1) is 11.2. The molecule has 0 aliphatic carbocycles. The van der Waals surface area contributed by atoms with Gasteiger partial charge in [0.1, 0.15) is 5.82 Å². The zero-order chi connectivity index (χ0) is 11.6. The zero-order valence-electron chi connectivity index (χ0n) is 9.11. The maximum absolute atomic E-state index is 10.8. The summed E-state index contributed by atoms with van der Waals surface area (Å²) in [5, 5.41) is 8.84. The van der Waals surface area contributed by atoms with Crippen LogP contribution >= 0.6 is 0 Å². The molecule has 0 saturated heterocycles. The predicted molar refractivity (Wildman–Crippen MR) is 60.2 cm³/mol. The van der Waals surface area contributed by atoms with E-state index in [1.54, 1.807) is 6.07 Å². The van der Waals surface area contributed by atoms with E-state index in [1.165, 1.54) is 6.20 Å². The summed E-state index contributed by atoms with van der Waals surface area (Å²) in [5.74, 6) is -0.247. The van der Waals surface area contributed by atoms with Crippen molar-refractivity contribution in [3.63, 3.8) is 0 Å². The minimum Gasteiger partial charge on any atom is -0.478 e. The first-order valence-electron chi connectivity index (χ1n) is 4.50. The number of anilines is 1. The molecule has 4 nitrogen and oxygen atoms in total. The second kappa shape index (κ2) is 4.13. The van der Waals surface area contributed by atoms with Gasteiger partial charge in [0.2, 0.25) is 0 Å². The van der Waals surface area contributed by atoms with Gasteiger partial charge in [0.05, 0.1) is 5.56 Å². The van der Waals surface area contributed by atoms with Crippen LogP contribution in [0.5, 0.6) is 0 Å². The van der Waals surface area contributed by atoms with Gasteiger partial charge in [-0.25, -0.2) is 9.78 Å². The molecule has 15 heavy (non-hydrogen) atoms. The van der Waals surface area contributed by atoms with Crippen LogP contribution < -0.4 is 4.90 Å². The number of allylic oxidation sites excluding steroid dienone is 1. The fourth-order valence-electron chi connectivity index (χ4n) is 1.24. The number of pyridine rings is 1. The fourth-order valence-corrected chi connectivity index (χ4v) is 1.24. The van der Waals surface area contributed by atoms with Crippen molar-refractivity contribution in [3.05, 3.63) is 30.0 Å². The molecule has 80 valence electrons. The minimum atomic E-state index is -0.977. The first-order chi connectivity index (χ1) is 6.93. The molecule has 1 aromatic rings. The smallest absolute Gasteiger partial charge is 0.337 e. The molecule has 0 aliphatic heterocycles. The van der Waals surface area contributed by atoms with E-state index >= 15 is 0 Å². The first-order valence-corrected chi connectivity index (χ1v) is 4.50. The molecule has 0 fully saturated rings. The van der Waals surface area contributed by atoms with Gasteiger partial charge in [-0.2, -0.15) is 0 Å². The number of carbonyl (C=O) groups is 1. The van der Waals surface area contributed by atoms with E-state index in [4.69, 9.17) is 5.11 Å². The topological polar surface area (TPSA) is 53.4 Å². The van der Waals surface area contributed by atoms with Crippen molar-refractivity contribution in [2.45, 2.75) is 6.92 Å². The molecule has 1 heterocycles. The summed E-state index contributed by atoms with van der Waals surface area (Å²) in [6.45, 7) is 5.64. The highest BCUT2D eigenvalue weighted by Crippen LogP contribution is 2.23. The van der Waals surface area contributed by atoms with Crippen molar-refractivity contribution in [1.82, 2.24) is 4.98 Å². The van der Waals surface area contributed by atoms with Crippen LogP contribution in [0.25, 0.3) is 5.57 Å². The average Bonchev–Trinajstić information content (AvgIpc) is 2.16. The van der Waals surface area contributed by atoms with Crippen LogP contribution in [0.1, 0.15) is 22.8 Å². The highest BCUT2D eigenvalue weighted by atomic mass is 16.4. The van der Waals surface area contributed by atoms with E-state index in [9.17, 15) is 4.79 Å². The molecule has 0 aliphatic rings. The largest absolute Gasteiger partial charge is 0.478 e. The lowest BCUT2D eigenvalue weighted by Gasteiger charge is -2.16. The molecule has 0 atom stereocenters. The fraction of sp³-hybridized carbons (Fsp3) is 0.273. The third-order valence-electron chi connectivity index (χ3n) is 2.00. The molecule has 1 aromatic heterocycles. The van der Waals surface area contributed by atoms with Gasteiger partial charge in [0.25, 0.3) is 0 Å². The second-order valence-electron chi connectivity index (χ2n) is 3.58. The molecular formula is C11H14N2O2. The summed E-state index contributed by atoms with van der Waals surface area (Å²) < 4.78 is 0. The van der Waals surface area contributed by atoms with Gasteiger partial charge in [0.15, 0.2) is 0 Å². The van der Waals surface area contributed by atoms with Crippen LogP contribution in [0.3, 0.4) is 0 Å². The zero-order valence-corrected chi connectivity index (χ0v) is 9.11. The molecule has 0 amide bonds. The number of hydrogen-bond acceptors (Lipinski definition) is 3. The quantitative estimate of drug-likeness (QED) is 0.820. The lowest BCUT2D eigenvalue weighted by Crippen LogP contribution is -2.13. The van der Waals surface area contributed by atoms with Gasteiger partial charge in [-0.1, -0.05) is 6.58 Å². The predicted octanol–water partition coefficient (Wildman–Crippen LogP) is 1.88. The molecule has 0 aromatic carbocycles. The Morgan fingerprint density at radius 1 is 1.53 bits per heavy atom. The van der Waals surface area contributed by atoms with Gasteiger partial charge < -0.3 is 10.0 Å². The van der Waals surface area contributed by atoms with E-state index in [-0.39, 0.29) is 5.56 Å². The van der Waals surface area contributed by atoms with Crippen molar-refractivity contribution < 1.29 is 9.90 Å². The third-order valence-corrected chi connectivity index (χ3v) is 2.00. The van der Waals surface area contributed by atoms with Crippen molar-refractivity contribution in [2.75, 3.05) is 19.0 Å². The number of hydrogen-bond donors (Lipinski definition) is 1. The Balaban J connectivity index is 3.33. The van der Waals surface area contributed by atoms with E-state index in [0.29, 0.717) is 0 Å². The third kappa shape index (κ3) is 2.34. The number of carboxylic acid groups (broad SMARTS) is 1. The van der Waals surface area contributed by atoms with Gasteiger partial charge >= 0.3 is 5.97 Å². The van der Waals surface area contributed by atoms with Gasteiger partial charge in [-0.3, -0.25) is 0 Å². The average molecular weight is 206 g/mol. The number of rotatable bonds is 3. The maximum Gasteiger partial charge on any atom is 0.337 e. The van der Waals surface area contributed by atoms with Crippen LogP contribution in [0.4, 0.5) is 5.82 Å². The van der Waals surface area contributed by atoms with Crippen LogP contribution in [-0.4, -0.2) is 30.2 Å². The van der Waals surface area contributed by atoms with Crippen LogP contribution in [0.2, 0.25) is 0 Å². The summed E-state index contributed by atoms with van der Waals surface area (Å²) in [6, 6.07) is 1.59. The highest BCUT2D eigenvalue weighted by Gasteiger charge is 2.11. The molecule has 0 spiro atoms. The Bertz CT molecular complexity index is 411. The summed E-state index contributed by atoms with van der Waals surface area (Å²) in [5.41, 5.74) is 1.74. The van der Waals surface area contributed by atoms with E-state index in [0.717, 1.165) is 17.0 Å². The Morgan fingerprint density at radius 2 is 2.13 bits per heavy atom. The summed E-state index contributed by atoms with van der Waals surface area (Å²) in [7, 11) is 3.71. The minimum absolute atomic E-state index is 0.179. The monoisotopic (exact) mass is 206 g/mol. The molecular weight excluding hydrogens is 192 g/mol. The molecule has 0 bridgehead atoms. The number of aromatic nitrogens is 1. The van der Waals surface area contributed by atoms with E-state index in [1.807, 2.05) is 25.9 Å². The standard InChI is InChI=1S/C11H14N2O2/c1-7(2)9-5-8(11(14)15)6-12-10(9)13(3)4/h5-6H,1H2,2-4H3,(H,14,15). The summed E-state index contributed by atoms with van der Waals surface area (Å²) >= 11 is 0. The highest BCUT2D eigenvalue weighted by molar-refractivity contribution is 5.89. The van der Waals surface area contributed by atoms with E-state index < -0.39 is 5.97 Å². The van der Waals surface area contributed by atoms with Crippen molar-refractivity contribution in [1.29, 1.82) is 0 Å². The summed E-state index contributed by atoms with van der Waals surface area (Å²) in [4.78, 5) is 16.7. The number of nitrogens with zero attached hydrogens (tertiary/aromatic N) is 2. The maximum atomic E-state index is 10.8. The van der Waals surface area contributed by atoms with Crippen LogP contribution in [0, 0.1) is 0 Å².